The number of nitrogens with zero attached hydrogens (tertiary/aromatic N) is 1. The van der Waals surface area contributed by atoms with Gasteiger partial charge < -0.3 is 10.2 Å². The highest BCUT2D eigenvalue weighted by Gasteiger charge is 2.17. The Morgan fingerprint density at radius 1 is 1.71 bits per heavy atom. The summed E-state index contributed by atoms with van der Waals surface area (Å²) in [5.41, 5.74) is 2.39. The maximum atomic E-state index is 11.2. The van der Waals surface area contributed by atoms with Crippen molar-refractivity contribution in [2.24, 2.45) is 5.84 Å². The number of nitrogens with one attached hydrogen (secondary N) is 1. The summed E-state index contributed by atoms with van der Waals surface area (Å²) >= 11 is 0. The first-order valence-electron chi connectivity index (χ1n) is 3.91. The summed E-state index contributed by atoms with van der Waals surface area (Å²) in [4.78, 5) is 15.0. The molecule has 1 aromatic heterocycles. The molecule has 0 aliphatic carbocycles. The molecule has 0 aliphatic rings. The van der Waals surface area contributed by atoms with E-state index in [-0.39, 0.29) is 23.5 Å². The van der Waals surface area contributed by atoms with E-state index in [1.165, 1.54) is 6.20 Å². The van der Waals surface area contributed by atoms with Crippen molar-refractivity contribution in [1.82, 2.24) is 10.4 Å². The van der Waals surface area contributed by atoms with Gasteiger partial charge in [-0.3, -0.25) is 15.2 Å². The zero-order chi connectivity index (χ0) is 10.7. The molecule has 0 aliphatic heterocycles. The molecule has 0 atom stereocenters. The molecule has 6 nitrogen and oxygen atoms in total. The van der Waals surface area contributed by atoms with Crippen LogP contribution in [0.4, 0.5) is 0 Å². The van der Waals surface area contributed by atoms with Gasteiger partial charge in [-0.15, -0.1) is 0 Å². The lowest BCUT2D eigenvalue weighted by Crippen LogP contribution is -2.31. The predicted molar refractivity (Wildman–Crippen MR) is 48.2 cm³/mol. The van der Waals surface area contributed by atoms with E-state index in [1.54, 1.807) is 6.92 Å². The molecule has 6 heteroatoms. The molecule has 0 radical (unpaired) electrons. The number of hydrogen-bond acceptors (Lipinski definition) is 5. The summed E-state index contributed by atoms with van der Waals surface area (Å²) in [5, 5.41) is 18.4. The number of nitrogen functional groups attached to an aromatic ring is 1. The molecule has 0 aromatic carbocycles. The highest BCUT2D eigenvalue weighted by Crippen LogP contribution is 2.23. The van der Waals surface area contributed by atoms with E-state index < -0.39 is 5.91 Å². The first kappa shape index (κ1) is 10.4. The molecular weight excluding hydrogens is 186 g/mol. The molecule has 0 saturated carbocycles. The van der Waals surface area contributed by atoms with Crippen LogP contribution in [0.15, 0.2) is 6.20 Å². The van der Waals surface area contributed by atoms with Crippen LogP contribution >= 0.6 is 0 Å². The van der Waals surface area contributed by atoms with Crippen LogP contribution in [-0.2, 0) is 6.61 Å². The average molecular weight is 197 g/mol. The van der Waals surface area contributed by atoms with E-state index in [1.807, 2.05) is 5.43 Å². The van der Waals surface area contributed by atoms with Gasteiger partial charge in [-0.1, -0.05) is 0 Å². The SMILES string of the molecule is Cc1ncc(CO)c(C(=O)NN)c1O. The number of amides is 1. The fourth-order valence-electron chi connectivity index (χ4n) is 1.08. The number of hydrazine groups is 1. The summed E-state index contributed by atoms with van der Waals surface area (Å²) in [7, 11) is 0. The quantitative estimate of drug-likeness (QED) is 0.282. The molecule has 0 unspecified atom stereocenters. The Morgan fingerprint density at radius 2 is 2.36 bits per heavy atom. The Morgan fingerprint density at radius 3 is 2.86 bits per heavy atom. The monoisotopic (exact) mass is 197 g/mol. The number of aryl methyl sites for hydroxylation is 1. The minimum Gasteiger partial charge on any atom is -0.505 e. The lowest BCUT2D eigenvalue weighted by Gasteiger charge is -2.09. The van der Waals surface area contributed by atoms with E-state index >= 15 is 0 Å². The number of hydrogen-bond donors (Lipinski definition) is 4. The molecule has 1 rings (SSSR count). The van der Waals surface area contributed by atoms with Gasteiger partial charge >= 0.3 is 0 Å². The smallest absolute Gasteiger partial charge is 0.269 e. The minimum absolute atomic E-state index is 0.0394. The Hall–Kier alpha value is -1.66. The van der Waals surface area contributed by atoms with Crippen molar-refractivity contribution < 1.29 is 15.0 Å². The van der Waals surface area contributed by atoms with Gasteiger partial charge in [-0.2, -0.15) is 0 Å². The Balaban J connectivity index is 3.35. The second-order valence-corrected chi connectivity index (χ2v) is 2.72. The Bertz CT molecular complexity index is 365. The number of aromatic nitrogens is 1. The zero-order valence-electron chi connectivity index (χ0n) is 7.61. The number of pyridine rings is 1. The molecular formula is C8H11N3O3. The summed E-state index contributed by atoms with van der Waals surface area (Å²) in [6, 6.07) is 0. The molecule has 0 bridgehead atoms. The molecule has 76 valence electrons. The lowest BCUT2D eigenvalue weighted by molar-refractivity contribution is 0.0947. The van der Waals surface area contributed by atoms with Crippen molar-refractivity contribution in [3.8, 4) is 5.75 Å². The van der Waals surface area contributed by atoms with Crippen molar-refractivity contribution in [2.75, 3.05) is 0 Å². The van der Waals surface area contributed by atoms with E-state index in [4.69, 9.17) is 10.9 Å². The van der Waals surface area contributed by atoms with E-state index in [2.05, 4.69) is 4.98 Å². The minimum atomic E-state index is -0.656. The van der Waals surface area contributed by atoms with Crippen molar-refractivity contribution >= 4 is 5.91 Å². The number of carbonyl (C=O) groups is 1. The predicted octanol–water partition coefficient (Wildman–Crippen LogP) is -0.809. The van der Waals surface area contributed by atoms with Crippen molar-refractivity contribution in [1.29, 1.82) is 0 Å². The van der Waals surface area contributed by atoms with Gasteiger partial charge in [0.2, 0.25) is 0 Å². The van der Waals surface area contributed by atoms with Gasteiger partial charge in [0.15, 0.2) is 0 Å². The van der Waals surface area contributed by atoms with Crippen LogP contribution in [0.1, 0.15) is 21.6 Å². The molecule has 1 aromatic rings. The summed E-state index contributed by atoms with van der Waals surface area (Å²) in [6.45, 7) is 1.16. The fourth-order valence-corrected chi connectivity index (χ4v) is 1.08. The number of aliphatic hydroxyl groups is 1. The van der Waals surface area contributed by atoms with Gasteiger partial charge in [-0.25, -0.2) is 5.84 Å². The average Bonchev–Trinajstić information content (AvgIpc) is 2.20. The van der Waals surface area contributed by atoms with Gasteiger partial charge in [0.25, 0.3) is 5.91 Å². The maximum Gasteiger partial charge on any atom is 0.269 e. The number of aliphatic hydroxyl groups excluding tert-OH is 1. The van der Waals surface area contributed by atoms with E-state index in [0.717, 1.165) is 0 Å². The number of nitrogens with two attached hydrogens (primary N) is 1. The fraction of sp³-hybridized carbons (Fsp3) is 0.250. The molecule has 1 amide bonds. The second-order valence-electron chi connectivity index (χ2n) is 2.72. The highest BCUT2D eigenvalue weighted by atomic mass is 16.3. The summed E-state index contributed by atoms with van der Waals surface area (Å²) in [6.07, 6.45) is 1.32. The molecule has 0 saturated heterocycles. The van der Waals surface area contributed by atoms with Crippen LogP contribution in [0.3, 0.4) is 0 Å². The maximum absolute atomic E-state index is 11.2. The first-order valence-corrected chi connectivity index (χ1v) is 3.91. The van der Waals surface area contributed by atoms with Crippen LogP contribution < -0.4 is 11.3 Å². The second kappa shape index (κ2) is 4.03. The third kappa shape index (κ3) is 1.66. The van der Waals surface area contributed by atoms with Crippen LogP contribution in [-0.4, -0.2) is 21.1 Å². The van der Waals surface area contributed by atoms with Gasteiger partial charge in [0, 0.05) is 11.8 Å². The van der Waals surface area contributed by atoms with Crippen LogP contribution in [0, 0.1) is 6.92 Å². The standard InChI is InChI=1S/C8H11N3O3/c1-4-7(13)6(8(14)11-9)5(3-12)2-10-4/h2,12-13H,3,9H2,1H3,(H,11,14). The number of aromatic hydroxyl groups is 1. The van der Waals surface area contributed by atoms with Crippen molar-refractivity contribution in [3.05, 3.63) is 23.0 Å². The van der Waals surface area contributed by atoms with E-state index in [9.17, 15) is 9.90 Å². The van der Waals surface area contributed by atoms with Crippen molar-refractivity contribution in [2.45, 2.75) is 13.5 Å². The molecule has 5 N–H and O–H groups in total. The summed E-state index contributed by atoms with van der Waals surface area (Å²) < 4.78 is 0. The van der Waals surface area contributed by atoms with Crippen LogP contribution in [0.2, 0.25) is 0 Å². The third-order valence-corrected chi connectivity index (χ3v) is 1.84. The number of carbonyl (C=O) groups excluding carboxylic acids is 1. The largest absolute Gasteiger partial charge is 0.505 e. The molecule has 1 heterocycles. The van der Waals surface area contributed by atoms with Gasteiger partial charge in [0.05, 0.1) is 17.9 Å². The third-order valence-electron chi connectivity index (χ3n) is 1.84. The molecule has 0 fully saturated rings. The van der Waals surface area contributed by atoms with Crippen LogP contribution in [0.25, 0.3) is 0 Å². The molecule has 0 spiro atoms. The van der Waals surface area contributed by atoms with Gasteiger partial charge in [0.1, 0.15) is 5.75 Å². The summed E-state index contributed by atoms with van der Waals surface area (Å²) in [5.74, 6) is 4.01. The highest BCUT2D eigenvalue weighted by molar-refractivity contribution is 5.98. The first-order chi connectivity index (χ1) is 6.61. The zero-order valence-corrected chi connectivity index (χ0v) is 7.61. The Kier molecular flexibility index (Phi) is 3.00. The van der Waals surface area contributed by atoms with Crippen molar-refractivity contribution in [3.63, 3.8) is 0 Å². The Labute approximate surface area is 80.4 Å². The van der Waals surface area contributed by atoms with E-state index in [0.29, 0.717) is 5.69 Å². The lowest BCUT2D eigenvalue weighted by atomic mass is 10.1. The molecule has 14 heavy (non-hydrogen) atoms. The number of rotatable bonds is 2. The topological polar surface area (TPSA) is 108 Å². The van der Waals surface area contributed by atoms with Crippen LogP contribution in [0.5, 0.6) is 5.75 Å². The van der Waals surface area contributed by atoms with Gasteiger partial charge in [-0.05, 0) is 6.92 Å². The normalized spacial score (nSPS) is 9.93.